The van der Waals surface area contributed by atoms with Crippen molar-refractivity contribution in [3.8, 4) is 5.75 Å². The molecule has 3 nitrogen and oxygen atoms in total. The van der Waals surface area contributed by atoms with Crippen LogP contribution in [0, 0.1) is 0 Å². The summed E-state index contributed by atoms with van der Waals surface area (Å²) in [6, 6.07) is 8.17. The Bertz CT molecular complexity index is 842. The molecule has 1 unspecified atom stereocenters. The Balaban J connectivity index is 0.00000115. The third-order valence-electron chi connectivity index (χ3n) is 4.22. The zero-order valence-electron chi connectivity index (χ0n) is 11.0. The highest BCUT2D eigenvalue weighted by Gasteiger charge is 2.51. The Labute approximate surface area is 128 Å². The maximum Gasteiger partial charge on any atom is 0.149 e. The lowest BCUT2D eigenvalue weighted by Gasteiger charge is -2.32. The molecule has 0 aromatic heterocycles. The summed E-state index contributed by atoms with van der Waals surface area (Å²) in [6.45, 7) is 0. The summed E-state index contributed by atoms with van der Waals surface area (Å²) in [5, 5.41) is 0. The number of fused-ring (bicyclic) bond motifs is 2. The number of hydrogen-bond acceptors (Lipinski definition) is 3. The van der Waals surface area contributed by atoms with Gasteiger partial charge in [-0.15, -0.1) is 12.4 Å². The van der Waals surface area contributed by atoms with Crippen LogP contribution in [0.3, 0.4) is 0 Å². The van der Waals surface area contributed by atoms with Crippen molar-refractivity contribution in [1.29, 1.82) is 0 Å². The van der Waals surface area contributed by atoms with Crippen LogP contribution in [0.25, 0.3) is 0 Å². The van der Waals surface area contributed by atoms with E-state index in [4.69, 9.17) is 4.74 Å². The lowest BCUT2D eigenvalue weighted by molar-refractivity contribution is 0.408. The quantitative estimate of drug-likeness (QED) is 0.721. The first kappa shape index (κ1) is 12.4. The standard InChI is InChI=1S/C17H10N2O.ClH/c1-2-4-14-13(3-1)17-6-8-18-10-12(17)9-11-5-7-19-15(11)16(17)20-14;/h1-10H;1H. The highest BCUT2D eigenvalue weighted by molar-refractivity contribution is 5.94. The van der Waals surface area contributed by atoms with E-state index < -0.39 is 0 Å². The zero-order valence-corrected chi connectivity index (χ0v) is 11.8. The second kappa shape index (κ2) is 4.06. The molecule has 0 N–H and O–H groups in total. The smallest absolute Gasteiger partial charge is 0.149 e. The molecule has 0 fully saturated rings. The van der Waals surface area contributed by atoms with Crippen LogP contribution in [0.4, 0.5) is 0 Å². The molecule has 1 aromatic rings. The molecule has 1 spiro atoms. The number of para-hydroxylation sites is 1. The van der Waals surface area contributed by atoms with E-state index in [1.54, 1.807) is 0 Å². The van der Waals surface area contributed by atoms with Crippen molar-refractivity contribution >= 4 is 24.8 Å². The topological polar surface area (TPSA) is 34.0 Å². The lowest BCUT2D eigenvalue weighted by atomic mass is 9.69. The Morgan fingerprint density at radius 3 is 3.00 bits per heavy atom. The Morgan fingerprint density at radius 1 is 1.14 bits per heavy atom. The van der Waals surface area contributed by atoms with Gasteiger partial charge in [-0.05, 0) is 29.9 Å². The van der Waals surface area contributed by atoms with Crippen molar-refractivity contribution < 1.29 is 4.74 Å². The van der Waals surface area contributed by atoms with E-state index in [-0.39, 0.29) is 17.8 Å². The predicted molar refractivity (Wildman–Crippen MR) is 85.3 cm³/mol. The third kappa shape index (κ3) is 1.34. The lowest BCUT2D eigenvalue weighted by Crippen LogP contribution is -2.32. The van der Waals surface area contributed by atoms with Gasteiger partial charge in [0.15, 0.2) is 0 Å². The molecule has 3 aliphatic heterocycles. The van der Waals surface area contributed by atoms with Crippen LogP contribution >= 0.6 is 12.4 Å². The van der Waals surface area contributed by atoms with Gasteiger partial charge in [0, 0.05) is 29.8 Å². The van der Waals surface area contributed by atoms with E-state index in [0.29, 0.717) is 0 Å². The fourth-order valence-electron chi connectivity index (χ4n) is 3.33. The first-order chi connectivity index (χ1) is 9.89. The maximum absolute atomic E-state index is 6.16. The molecule has 0 saturated carbocycles. The van der Waals surface area contributed by atoms with Gasteiger partial charge in [0.05, 0.1) is 0 Å². The molecule has 1 atom stereocenters. The number of allylic oxidation sites excluding steroid dienone is 3. The number of rotatable bonds is 0. The maximum atomic E-state index is 6.16. The molecule has 102 valence electrons. The van der Waals surface area contributed by atoms with E-state index in [1.807, 2.05) is 42.9 Å². The summed E-state index contributed by atoms with van der Waals surface area (Å²) in [5.74, 6) is 1.81. The number of halogens is 1. The van der Waals surface area contributed by atoms with Gasteiger partial charge in [0.1, 0.15) is 22.6 Å². The van der Waals surface area contributed by atoms with Crippen molar-refractivity contribution in [2.45, 2.75) is 5.41 Å². The molecule has 4 aliphatic rings. The van der Waals surface area contributed by atoms with Crippen LogP contribution in [-0.4, -0.2) is 12.4 Å². The van der Waals surface area contributed by atoms with E-state index in [2.05, 4.69) is 28.2 Å². The van der Waals surface area contributed by atoms with Crippen molar-refractivity contribution in [2.75, 3.05) is 0 Å². The largest absolute Gasteiger partial charge is 0.457 e. The van der Waals surface area contributed by atoms with Crippen LogP contribution in [0.2, 0.25) is 0 Å². The summed E-state index contributed by atoms with van der Waals surface area (Å²) in [5.41, 5.74) is 3.98. The summed E-state index contributed by atoms with van der Waals surface area (Å²) in [4.78, 5) is 8.77. The molecule has 1 aromatic carbocycles. The minimum absolute atomic E-state index is 0. The minimum atomic E-state index is -0.354. The molecule has 5 rings (SSSR count). The van der Waals surface area contributed by atoms with Gasteiger partial charge in [-0.2, -0.15) is 0 Å². The molecular weight excluding hydrogens is 284 g/mol. The van der Waals surface area contributed by atoms with Gasteiger partial charge in [0.2, 0.25) is 0 Å². The number of benzene rings is 1. The molecule has 21 heavy (non-hydrogen) atoms. The van der Waals surface area contributed by atoms with Gasteiger partial charge < -0.3 is 4.74 Å². The number of ether oxygens (including phenoxy) is 1. The number of hydrogen-bond donors (Lipinski definition) is 0. The van der Waals surface area contributed by atoms with Gasteiger partial charge in [-0.3, -0.25) is 9.98 Å². The van der Waals surface area contributed by atoms with Crippen LogP contribution in [0.15, 0.2) is 81.3 Å². The summed E-state index contributed by atoms with van der Waals surface area (Å²) in [7, 11) is 0. The molecule has 0 saturated heterocycles. The molecule has 1 aliphatic carbocycles. The van der Waals surface area contributed by atoms with E-state index >= 15 is 0 Å². The normalized spacial score (nSPS) is 26.1. The molecule has 4 heteroatoms. The van der Waals surface area contributed by atoms with Crippen molar-refractivity contribution in [1.82, 2.24) is 0 Å². The average molecular weight is 295 g/mol. The molecule has 0 amide bonds. The van der Waals surface area contributed by atoms with Crippen LogP contribution in [-0.2, 0) is 5.41 Å². The SMILES string of the molecule is C1=CC23C(=CC4=CC=NC4=C2Oc2ccccc23)C=N1.Cl. The van der Waals surface area contributed by atoms with Crippen LogP contribution in [0.5, 0.6) is 5.75 Å². The second-order valence-electron chi connectivity index (χ2n) is 5.18. The molecule has 0 radical (unpaired) electrons. The average Bonchev–Trinajstić information content (AvgIpc) is 3.06. The number of nitrogens with zero attached hydrogens (tertiary/aromatic N) is 2. The monoisotopic (exact) mass is 294 g/mol. The van der Waals surface area contributed by atoms with Crippen LogP contribution in [0.1, 0.15) is 5.56 Å². The predicted octanol–water partition coefficient (Wildman–Crippen LogP) is 3.50. The first-order valence-electron chi connectivity index (χ1n) is 6.59. The van der Waals surface area contributed by atoms with Gasteiger partial charge in [-0.25, -0.2) is 0 Å². The summed E-state index contributed by atoms with van der Waals surface area (Å²) in [6.07, 6.45) is 11.9. The fourth-order valence-corrected chi connectivity index (χ4v) is 3.33. The first-order valence-corrected chi connectivity index (χ1v) is 6.59. The third-order valence-corrected chi connectivity index (χ3v) is 4.22. The van der Waals surface area contributed by atoms with Gasteiger partial charge in [0.25, 0.3) is 0 Å². The van der Waals surface area contributed by atoms with E-state index in [9.17, 15) is 0 Å². The molecular formula is C17H11ClN2O. The van der Waals surface area contributed by atoms with Crippen molar-refractivity contribution in [2.24, 2.45) is 9.98 Å². The minimum Gasteiger partial charge on any atom is -0.457 e. The second-order valence-corrected chi connectivity index (χ2v) is 5.18. The Hall–Kier alpha value is -2.39. The molecule has 3 heterocycles. The van der Waals surface area contributed by atoms with Crippen molar-refractivity contribution in [3.63, 3.8) is 0 Å². The summed E-state index contributed by atoms with van der Waals surface area (Å²) >= 11 is 0. The van der Waals surface area contributed by atoms with E-state index in [1.165, 1.54) is 0 Å². The fraction of sp³-hybridized carbons (Fsp3) is 0.0588. The summed E-state index contributed by atoms with van der Waals surface area (Å²) < 4.78 is 6.16. The highest BCUT2D eigenvalue weighted by Crippen LogP contribution is 2.55. The van der Waals surface area contributed by atoms with E-state index in [0.717, 1.165) is 33.9 Å². The molecule has 0 bridgehead atoms. The highest BCUT2D eigenvalue weighted by atomic mass is 35.5. The van der Waals surface area contributed by atoms with Gasteiger partial charge in [-0.1, -0.05) is 18.2 Å². The zero-order chi connectivity index (χ0) is 13.2. The van der Waals surface area contributed by atoms with Crippen LogP contribution < -0.4 is 4.74 Å². The van der Waals surface area contributed by atoms with Crippen molar-refractivity contribution in [3.05, 3.63) is 76.9 Å². The van der Waals surface area contributed by atoms with Gasteiger partial charge >= 0.3 is 0 Å². The number of aliphatic imine (C=N–C) groups is 2. The Morgan fingerprint density at radius 2 is 2.05 bits per heavy atom. The Kier molecular flexibility index (Phi) is 2.39.